The minimum Gasteiger partial charge on any atom is -0.394 e. The average Bonchev–Trinajstić information content (AvgIpc) is 3.87. The number of phosphoric acid groups is 1. The highest BCUT2D eigenvalue weighted by atomic mass is 31.2. The van der Waals surface area contributed by atoms with Crippen LogP contribution in [0.5, 0.6) is 0 Å². The van der Waals surface area contributed by atoms with Crippen LogP contribution in [0.1, 0.15) is 103 Å². The molecule has 1 aliphatic heterocycles. The minimum absolute atomic E-state index is 0.0751. The molecule has 1 saturated heterocycles. The van der Waals surface area contributed by atoms with Gasteiger partial charge in [0.25, 0.3) is 0 Å². The molecule has 1 aromatic heterocycles. The minimum atomic E-state index is -5.05. The smallest absolute Gasteiger partial charge is 0.394 e. The number of carbonyl (C=O) groups excluding carboxylic acids is 6. The molecule has 340 valence electrons. The summed E-state index contributed by atoms with van der Waals surface area (Å²) in [6, 6.07) is 4.14. The molecule has 1 aliphatic rings. The first-order valence-corrected chi connectivity index (χ1v) is 22.6. The fraction of sp³-hybridized carbons (Fsp3) is 0.634. The van der Waals surface area contributed by atoms with Crippen LogP contribution in [0.3, 0.4) is 0 Å². The number of rotatable bonds is 27. The Labute approximate surface area is 357 Å². The van der Waals surface area contributed by atoms with Crippen LogP contribution in [0.25, 0.3) is 0 Å². The van der Waals surface area contributed by atoms with E-state index in [-0.39, 0.29) is 24.7 Å². The molecular formula is C41H65N8O11P. The Bertz CT molecular complexity index is 1790. The third-order valence-electron chi connectivity index (χ3n) is 10.5. The molecule has 1 aromatic carbocycles. The van der Waals surface area contributed by atoms with Crippen molar-refractivity contribution < 1.29 is 52.7 Å². The SMILES string of the molecule is CC(=O)N1CCCC1C(=O)NC(CC(C)C)C(=O)NC(Cc1cncn1CCCCCCCCc1ccccc1)C(=O)NC(CO)C(=O)NC(CC(N)=O)C(C)OP(=O)(O)O. The molecular weight excluding hydrogens is 811 g/mol. The number of unbranched alkanes of at least 4 members (excludes halogenated alkanes) is 5. The van der Waals surface area contributed by atoms with Crippen molar-refractivity contribution in [3.63, 3.8) is 0 Å². The largest absolute Gasteiger partial charge is 0.469 e. The van der Waals surface area contributed by atoms with Gasteiger partial charge in [-0.15, -0.1) is 0 Å². The number of hydrogen-bond donors (Lipinski definition) is 8. The monoisotopic (exact) mass is 876 g/mol. The number of nitrogens with two attached hydrogens (primary N) is 1. The van der Waals surface area contributed by atoms with Crippen LogP contribution in [-0.2, 0) is 57.2 Å². The van der Waals surface area contributed by atoms with E-state index in [0.717, 1.165) is 44.9 Å². The molecule has 0 bridgehead atoms. The molecule has 2 heterocycles. The summed E-state index contributed by atoms with van der Waals surface area (Å²) >= 11 is 0. The predicted octanol–water partition coefficient (Wildman–Crippen LogP) is 1.37. The van der Waals surface area contributed by atoms with Crippen molar-refractivity contribution in [3.8, 4) is 0 Å². The van der Waals surface area contributed by atoms with Crippen molar-refractivity contribution in [2.24, 2.45) is 11.7 Å². The number of amides is 6. The summed E-state index contributed by atoms with van der Waals surface area (Å²) in [5.41, 5.74) is 7.21. The summed E-state index contributed by atoms with van der Waals surface area (Å²) in [6.07, 6.45) is 9.53. The van der Waals surface area contributed by atoms with E-state index in [1.165, 1.54) is 24.3 Å². The van der Waals surface area contributed by atoms with Crippen molar-refractivity contribution in [1.29, 1.82) is 0 Å². The topological polar surface area (TPSA) is 285 Å². The lowest BCUT2D eigenvalue weighted by Crippen LogP contribution is -2.60. The number of phosphoric ester groups is 1. The van der Waals surface area contributed by atoms with Gasteiger partial charge in [-0.2, -0.15) is 0 Å². The molecule has 1 fully saturated rings. The van der Waals surface area contributed by atoms with Gasteiger partial charge in [0.05, 0.1) is 25.1 Å². The molecule has 9 N–H and O–H groups in total. The van der Waals surface area contributed by atoms with Gasteiger partial charge in [0.15, 0.2) is 0 Å². The molecule has 20 heteroatoms. The van der Waals surface area contributed by atoms with Crippen LogP contribution in [0, 0.1) is 5.92 Å². The number of carbonyl (C=O) groups is 6. The number of likely N-dealkylation sites (tertiary alicyclic amines) is 1. The van der Waals surface area contributed by atoms with E-state index in [2.05, 4.69) is 42.9 Å². The summed E-state index contributed by atoms with van der Waals surface area (Å²) in [4.78, 5) is 103. The average molecular weight is 877 g/mol. The van der Waals surface area contributed by atoms with Crippen LogP contribution >= 0.6 is 7.82 Å². The maximum atomic E-state index is 14.1. The molecule has 0 radical (unpaired) electrons. The third kappa shape index (κ3) is 18.1. The maximum absolute atomic E-state index is 14.1. The van der Waals surface area contributed by atoms with Gasteiger partial charge in [-0.25, -0.2) is 9.55 Å². The van der Waals surface area contributed by atoms with E-state index in [0.29, 0.717) is 31.6 Å². The van der Waals surface area contributed by atoms with Gasteiger partial charge < -0.3 is 51.4 Å². The lowest BCUT2D eigenvalue weighted by Gasteiger charge is -2.29. The van der Waals surface area contributed by atoms with Gasteiger partial charge in [-0.05, 0) is 56.9 Å². The molecule has 19 nitrogen and oxygen atoms in total. The van der Waals surface area contributed by atoms with Crippen molar-refractivity contribution in [1.82, 2.24) is 35.7 Å². The summed E-state index contributed by atoms with van der Waals surface area (Å²) in [5.74, 6) is -4.37. The highest BCUT2D eigenvalue weighted by Gasteiger charge is 2.37. The van der Waals surface area contributed by atoms with Crippen LogP contribution in [-0.4, -0.2) is 114 Å². The zero-order chi connectivity index (χ0) is 45.1. The van der Waals surface area contributed by atoms with E-state index in [9.17, 15) is 48.2 Å². The van der Waals surface area contributed by atoms with E-state index in [4.69, 9.17) is 5.73 Å². The first-order valence-electron chi connectivity index (χ1n) is 21.0. The Balaban J connectivity index is 1.77. The van der Waals surface area contributed by atoms with Crippen LogP contribution < -0.4 is 27.0 Å². The Kier molecular flexibility index (Phi) is 21.0. The van der Waals surface area contributed by atoms with Crippen molar-refractivity contribution in [3.05, 3.63) is 54.1 Å². The molecule has 61 heavy (non-hydrogen) atoms. The number of primary amides is 1. The zero-order valence-electron chi connectivity index (χ0n) is 35.7. The highest BCUT2D eigenvalue weighted by Crippen LogP contribution is 2.38. The number of hydrogen-bond acceptors (Lipinski definition) is 10. The van der Waals surface area contributed by atoms with Gasteiger partial charge in [0.1, 0.15) is 24.2 Å². The van der Waals surface area contributed by atoms with Crippen molar-refractivity contribution in [2.45, 2.75) is 148 Å². The number of aryl methyl sites for hydroxylation is 2. The number of aliphatic hydroxyl groups is 1. The summed E-state index contributed by atoms with van der Waals surface area (Å²) < 4.78 is 18.0. The second kappa shape index (κ2) is 25.3. The van der Waals surface area contributed by atoms with Crippen LogP contribution in [0.4, 0.5) is 0 Å². The third-order valence-corrected chi connectivity index (χ3v) is 11.1. The van der Waals surface area contributed by atoms with Crippen LogP contribution in [0.15, 0.2) is 42.9 Å². The number of nitrogens with zero attached hydrogens (tertiary/aromatic N) is 3. The number of aromatic nitrogens is 2. The summed E-state index contributed by atoms with van der Waals surface area (Å²) in [7, 11) is -5.05. The van der Waals surface area contributed by atoms with E-state index in [1.807, 2.05) is 36.6 Å². The number of benzene rings is 1. The van der Waals surface area contributed by atoms with Gasteiger partial charge in [-0.1, -0.05) is 69.9 Å². The van der Waals surface area contributed by atoms with Gasteiger partial charge in [-0.3, -0.25) is 33.3 Å². The molecule has 2 aromatic rings. The molecule has 0 aliphatic carbocycles. The maximum Gasteiger partial charge on any atom is 0.469 e. The zero-order valence-corrected chi connectivity index (χ0v) is 36.6. The molecule has 6 atom stereocenters. The standard InChI is InChI=1S/C41H65N8O11P/c1-27(2)21-33(46-41(56)36-18-14-20-49(36)29(4)51)38(53)45-34(39(54)47-35(25-50)40(55)44-32(23-37(42)52)28(3)60-61(57,58)59)22-31-24-43-26-48(31)19-13-8-6-5-7-10-15-30-16-11-9-12-17-30/h9,11-12,16-17,24,26-28,32-36,50H,5-8,10,13-15,18-23,25H2,1-4H3,(H2,42,52)(H,44,55)(H,45,53)(H,46,56)(H,47,54)(H2,57,58,59). The molecule has 0 saturated carbocycles. The van der Waals surface area contributed by atoms with E-state index < -0.39 is 86.7 Å². The Hall–Kier alpha value is -4.68. The number of nitrogens with one attached hydrogen (secondary N) is 4. The first-order chi connectivity index (χ1) is 28.9. The summed E-state index contributed by atoms with van der Waals surface area (Å²) in [5, 5.41) is 20.5. The molecule has 6 amide bonds. The van der Waals surface area contributed by atoms with Gasteiger partial charge in [0.2, 0.25) is 35.4 Å². The second-order valence-electron chi connectivity index (χ2n) is 16.1. The molecule has 6 unspecified atom stereocenters. The predicted molar refractivity (Wildman–Crippen MR) is 225 cm³/mol. The fourth-order valence-corrected chi connectivity index (χ4v) is 7.93. The highest BCUT2D eigenvalue weighted by molar-refractivity contribution is 7.46. The van der Waals surface area contributed by atoms with Crippen molar-refractivity contribution in [2.75, 3.05) is 13.2 Å². The normalized spacial score (nSPS) is 16.6. The lowest BCUT2D eigenvalue weighted by atomic mass is 10.0. The van der Waals surface area contributed by atoms with Gasteiger partial charge >= 0.3 is 7.82 Å². The summed E-state index contributed by atoms with van der Waals surface area (Å²) in [6.45, 7) is 6.34. The quantitative estimate of drug-likeness (QED) is 0.0467. The lowest BCUT2D eigenvalue weighted by molar-refractivity contribution is -0.138. The fourth-order valence-electron chi connectivity index (χ4n) is 7.35. The Morgan fingerprint density at radius 1 is 0.885 bits per heavy atom. The Morgan fingerprint density at radius 3 is 2.13 bits per heavy atom. The number of aliphatic hydroxyl groups excluding tert-OH is 1. The van der Waals surface area contributed by atoms with E-state index in [1.54, 1.807) is 12.5 Å². The van der Waals surface area contributed by atoms with Crippen LogP contribution in [0.2, 0.25) is 0 Å². The molecule has 0 spiro atoms. The number of imidazole rings is 1. The van der Waals surface area contributed by atoms with E-state index >= 15 is 0 Å². The Morgan fingerprint density at radius 2 is 1.51 bits per heavy atom. The molecule has 3 rings (SSSR count). The first kappa shape index (κ1) is 50.7. The van der Waals surface area contributed by atoms with Crippen molar-refractivity contribution >= 4 is 43.3 Å². The second-order valence-corrected chi connectivity index (χ2v) is 17.3. The van der Waals surface area contributed by atoms with Gasteiger partial charge in [0, 0.05) is 44.7 Å².